The highest BCUT2D eigenvalue weighted by Gasteiger charge is 1.88. The molecule has 0 aromatic rings. The largest absolute Gasteiger partial charge is 0.401 e. The smallest absolute Gasteiger partial charge is 0.102 e. The van der Waals surface area contributed by atoms with Crippen molar-refractivity contribution in [2.24, 2.45) is 5.73 Å². The van der Waals surface area contributed by atoms with Crippen molar-refractivity contribution in [3.63, 3.8) is 0 Å². The molecule has 0 radical (unpaired) electrons. The minimum Gasteiger partial charge on any atom is -0.401 e. The van der Waals surface area contributed by atoms with Gasteiger partial charge >= 0.3 is 0 Å². The summed E-state index contributed by atoms with van der Waals surface area (Å²) in [6.07, 6.45) is 0. The fourth-order valence-electron chi connectivity index (χ4n) is 0.207. The van der Waals surface area contributed by atoms with Crippen LogP contribution in [0.4, 0.5) is 0 Å². The van der Waals surface area contributed by atoms with Gasteiger partial charge in [-0.05, 0) is 6.92 Å². The van der Waals surface area contributed by atoms with Gasteiger partial charge in [0.2, 0.25) is 0 Å². The van der Waals surface area contributed by atoms with E-state index in [1.165, 1.54) is 5.37 Å². The van der Waals surface area contributed by atoms with Crippen LogP contribution in [0.25, 0.3) is 0 Å². The molecule has 0 saturated heterocycles. The molecule has 3 heteroatoms. The van der Waals surface area contributed by atoms with Crippen LogP contribution in [-0.4, -0.2) is 5.37 Å². The summed E-state index contributed by atoms with van der Waals surface area (Å²) >= 11 is 4.46. The van der Waals surface area contributed by atoms with Crippen molar-refractivity contribution in [3.8, 4) is 6.07 Å². The van der Waals surface area contributed by atoms with Crippen LogP contribution in [0.3, 0.4) is 0 Å². The molecular weight excluding hydrogens is 120 g/mol. The minimum atomic E-state index is 0.375. The molecule has 0 aliphatic carbocycles. The summed E-state index contributed by atoms with van der Waals surface area (Å²) in [7, 11) is 0. The van der Waals surface area contributed by atoms with Crippen molar-refractivity contribution < 1.29 is 0 Å². The number of rotatable bonds is 1. The normalized spacial score (nSPS) is 11.5. The molecule has 0 aliphatic heterocycles. The summed E-state index contributed by atoms with van der Waals surface area (Å²) < 4.78 is 0. The Labute approximate surface area is 53.6 Å². The average molecular weight is 126 g/mol. The third-order valence-corrected chi connectivity index (χ3v) is 0.899. The van der Waals surface area contributed by atoms with E-state index in [0.29, 0.717) is 11.3 Å². The maximum absolute atomic E-state index is 8.21. The average Bonchev–Trinajstić information content (AvgIpc) is 1.69. The monoisotopic (exact) mass is 126 g/mol. The molecule has 0 saturated carbocycles. The van der Waals surface area contributed by atoms with Crippen LogP contribution in [0.5, 0.6) is 0 Å². The van der Waals surface area contributed by atoms with Gasteiger partial charge in [0.05, 0.1) is 5.57 Å². The van der Waals surface area contributed by atoms with E-state index in [-0.39, 0.29) is 0 Å². The molecule has 0 heterocycles. The fraction of sp³-hybridized carbons (Fsp3) is 0.200. The molecule has 42 valence electrons. The molecule has 0 aromatic carbocycles. The number of hydrogen-bond donors (Lipinski definition) is 1. The van der Waals surface area contributed by atoms with E-state index in [9.17, 15) is 0 Å². The lowest BCUT2D eigenvalue weighted by Crippen LogP contribution is -1.96. The Bertz CT molecular complexity index is 160. The summed E-state index contributed by atoms with van der Waals surface area (Å²) in [5, 5.41) is 9.48. The first-order valence-corrected chi connectivity index (χ1v) is 2.51. The van der Waals surface area contributed by atoms with Gasteiger partial charge in [-0.25, -0.2) is 0 Å². The highest BCUT2D eigenvalue weighted by atomic mass is 32.1. The first-order chi connectivity index (χ1) is 3.72. The maximum Gasteiger partial charge on any atom is 0.102 e. The fourth-order valence-corrected chi connectivity index (χ4v) is 0.446. The SMILES string of the molecule is C/C(N)=C(\C#N)C=S. The van der Waals surface area contributed by atoms with E-state index in [0.717, 1.165) is 0 Å². The number of allylic oxidation sites excluding steroid dienone is 2. The Morgan fingerprint density at radius 1 is 1.88 bits per heavy atom. The minimum absolute atomic E-state index is 0.375. The van der Waals surface area contributed by atoms with Crippen LogP contribution in [0.2, 0.25) is 0 Å². The molecule has 0 unspecified atom stereocenters. The van der Waals surface area contributed by atoms with Crippen molar-refractivity contribution >= 4 is 17.6 Å². The van der Waals surface area contributed by atoms with Crippen LogP contribution < -0.4 is 5.73 Å². The van der Waals surface area contributed by atoms with E-state index in [1.54, 1.807) is 6.92 Å². The number of thiocarbonyl (C=S) groups is 1. The number of nitriles is 1. The first kappa shape index (κ1) is 7.12. The van der Waals surface area contributed by atoms with E-state index >= 15 is 0 Å². The lowest BCUT2D eigenvalue weighted by atomic mass is 10.3. The summed E-state index contributed by atoms with van der Waals surface area (Å²) in [5.74, 6) is 0. The quantitative estimate of drug-likeness (QED) is 0.320. The Morgan fingerprint density at radius 3 is 2.38 bits per heavy atom. The van der Waals surface area contributed by atoms with Gasteiger partial charge in [0, 0.05) is 11.1 Å². The second kappa shape index (κ2) is 3.16. The van der Waals surface area contributed by atoms with Gasteiger partial charge < -0.3 is 5.73 Å². The predicted octanol–water partition coefficient (Wildman–Crippen LogP) is 0.742. The standard InChI is InChI=1S/C5H6N2S/c1-4(7)5(2-6)3-8/h3H,7H2,1H3/b5-4-. The Morgan fingerprint density at radius 2 is 2.38 bits per heavy atom. The van der Waals surface area contributed by atoms with E-state index in [4.69, 9.17) is 11.0 Å². The van der Waals surface area contributed by atoms with Gasteiger partial charge in [0.25, 0.3) is 0 Å². The Hall–Kier alpha value is -0.880. The van der Waals surface area contributed by atoms with Crippen LogP contribution in [0, 0.1) is 11.3 Å². The molecule has 0 bridgehead atoms. The van der Waals surface area contributed by atoms with Crippen molar-refractivity contribution in [1.82, 2.24) is 0 Å². The number of hydrogen-bond acceptors (Lipinski definition) is 3. The number of nitrogens with two attached hydrogens (primary N) is 1. The zero-order valence-corrected chi connectivity index (χ0v) is 5.33. The zero-order valence-electron chi connectivity index (χ0n) is 4.51. The van der Waals surface area contributed by atoms with Crippen molar-refractivity contribution in [2.45, 2.75) is 6.92 Å². The third kappa shape index (κ3) is 1.71. The molecule has 2 N–H and O–H groups in total. The van der Waals surface area contributed by atoms with Crippen molar-refractivity contribution in [1.29, 1.82) is 5.26 Å². The lowest BCUT2D eigenvalue weighted by molar-refractivity contribution is 1.30. The van der Waals surface area contributed by atoms with Crippen LogP contribution in [0.15, 0.2) is 11.3 Å². The molecule has 0 atom stereocenters. The van der Waals surface area contributed by atoms with E-state index in [1.807, 2.05) is 6.07 Å². The molecule has 0 spiro atoms. The van der Waals surface area contributed by atoms with Gasteiger partial charge in [-0.1, -0.05) is 12.2 Å². The molecule has 8 heavy (non-hydrogen) atoms. The van der Waals surface area contributed by atoms with Crippen LogP contribution in [-0.2, 0) is 0 Å². The predicted molar refractivity (Wildman–Crippen MR) is 36.2 cm³/mol. The second-order valence-electron chi connectivity index (χ2n) is 1.33. The summed E-state index contributed by atoms with van der Waals surface area (Å²) in [5.41, 5.74) is 6.07. The number of nitrogens with zero attached hydrogens (tertiary/aromatic N) is 1. The van der Waals surface area contributed by atoms with E-state index in [2.05, 4.69) is 12.2 Å². The molecule has 0 amide bonds. The molecule has 0 aromatic heterocycles. The van der Waals surface area contributed by atoms with Crippen LogP contribution in [0.1, 0.15) is 6.92 Å². The summed E-state index contributed by atoms with van der Waals surface area (Å²) in [6, 6.07) is 1.85. The Balaban J connectivity index is 4.38. The molecule has 0 rings (SSSR count). The van der Waals surface area contributed by atoms with Gasteiger partial charge in [0.1, 0.15) is 6.07 Å². The molecular formula is C5H6N2S. The van der Waals surface area contributed by atoms with Crippen molar-refractivity contribution in [2.75, 3.05) is 0 Å². The maximum atomic E-state index is 8.21. The van der Waals surface area contributed by atoms with Crippen LogP contribution >= 0.6 is 12.2 Å². The van der Waals surface area contributed by atoms with Gasteiger partial charge in [0.15, 0.2) is 0 Å². The third-order valence-electron chi connectivity index (χ3n) is 0.663. The second-order valence-corrected chi connectivity index (χ2v) is 1.56. The molecule has 0 fully saturated rings. The zero-order chi connectivity index (χ0) is 6.57. The van der Waals surface area contributed by atoms with Crippen molar-refractivity contribution in [3.05, 3.63) is 11.3 Å². The highest BCUT2D eigenvalue weighted by molar-refractivity contribution is 7.79. The summed E-state index contributed by atoms with van der Waals surface area (Å²) in [6.45, 7) is 1.64. The molecule has 0 aliphatic rings. The Kier molecular flexibility index (Phi) is 2.82. The lowest BCUT2D eigenvalue weighted by Gasteiger charge is -1.86. The van der Waals surface area contributed by atoms with E-state index < -0.39 is 0 Å². The highest BCUT2D eigenvalue weighted by Crippen LogP contribution is 1.90. The van der Waals surface area contributed by atoms with Gasteiger partial charge in [-0.15, -0.1) is 0 Å². The summed E-state index contributed by atoms with van der Waals surface area (Å²) in [4.78, 5) is 0. The van der Waals surface area contributed by atoms with Gasteiger partial charge in [-0.2, -0.15) is 5.26 Å². The first-order valence-electron chi connectivity index (χ1n) is 2.04. The topological polar surface area (TPSA) is 49.8 Å². The van der Waals surface area contributed by atoms with Gasteiger partial charge in [-0.3, -0.25) is 0 Å². The molecule has 2 nitrogen and oxygen atoms in total.